The third kappa shape index (κ3) is 5.38. The van der Waals surface area contributed by atoms with Gasteiger partial charge in [-0.15, -0.1) is 0 Å². The second-order valence-corrected chi connectivity index (χ2v) is 6.35. The molecule has 2 aromatic rings. The average Bonchev–Trinajstić information content (AvgIpc) is 2.86. The van der Waals surface area contributed by atoms with Gasteiger partial charge in [0.25, 0.3) is 0 Å². The van der Waals surface area contributed by atoms with Crippen molar-refractivity contribution in [3.8, 4) is 0 Å². The molecule has 3 nitrogen and oxygen atoms in total. The summed E-state index contributed by atoms with van der Waals surface area (Å²) in [4.78, 5) is 2.59. The smallest absolute Gasteiger partial charge is 0.0487 e. The van der Waals surface area contributed by atoms with Crippen molar-refractivity contribution in [2.45, 2.75) is 38.8 Å². The van der Waals surface area contributed by atoms with E-state index in [0.29, 0.717) is 0 Å². The summed E-state index contributed by atoms with van der Waals surface area (Å²) < 4.78 is 0. The molecular weight excluding hydrogens is 282 g/mol. The Hall–Kier alpha value is -1.84. The van der Waals surface area contributed by atoms with E-state index in [0.717, 1.165) is 18.8 Å². The first-order valence-corrected chi connectivity index (χ1v) is 8.74. The first-order chi connectivity index (χ1) is 11.4. The van der Waals surface area contributed by atoms with E-state index in [1.54, 1.807) is 0 Å². The maximum atomic E-state index is 3.27. The van der Waals surface area contributed by atoms with Gasteiger partial charge in [0.2, 0.25) is 0 Å². The second kappa shape index (κ2) is 8.70. The monoisotopic (exact) mass is 309 g/mol. The Kier molecular flexibility index (Phi) is 6.07. The van der Waals surface area contributed by atoms with Gasteiger partial charge in [0, 0.05) is 18.8 Å². The number of rotatable bonds is 6. The molecule has 1 heterocycles. The number of likely N-dealkylation sites (tertiary alicyclic amines) is 1. The molecule has 1 fully saturated rings. The van der Waals surface area contributed by atoms with Crippen molar-refractivity contribution in [3.63, 3.8) is 0 Å². The van der Waals surface area contributed by atoms with Gasteiger partial charge in [0.1, 0.15) is 0 Å². The summed E-state index contributed by atoms with van der Waals surface area (Å²) in [6.45, 7) is 4.42. The fourth-order valence-electron chi connectivity index (χ4n) is 3.08. The predicted octanol–water partition coefficient (Wildman–Crippen LogP) is 4.18. The highest BCUT2D eigenvalue weighted by Gasteiger charge is 2.09. The molecule has 0 spiro atoms. The number of para-hydroxylation sites is 1. The van der Waals surface area contributed by atoms with Gasteiger partial charge in [-0.3, -0.25) is 4.90 Å². The van der Waals surface area contributed by atoms with E-state index in [4.69, 9.17) is 0 Å². The molecule has 2 N–H and O–H groups in total. The number of nitrogens with zero attached hydrogens (tertiary/aromatic N) is 1. The zero-order valence-corrected chi connectivity index (χ0v) is 13.8. The van der Waals surface area contributed by atoms with Gasteiger partial charge in [-0.1, -0.05) is 55.3 Å². The van der Waals surface area contributed by atoms with Crippen molar-refractivity contribution in [2.24, 2.45) is 0 Å². The predicted molar refractivity (Wildman–Crippen MR) is 97.1 cm³/mol. The SMILES string of the molecule is c1ccc(NNCc2ccc(CN3CCCCCC3)cc2)cc1. The highest BCUT2D eigenvalue weighted by molar-refractivity contribution is 5.41. The van der Waals surface area contributed by atoms with E-state index in [1.807, 2.05) is 18.2 Å². The van der Waals surface area contributed by atoms with Gasteiger partial charge in [-0.2, -0.15) is 0 Å². The highest BCUT2D eigenvalue weighted by Crippen LogP contribution is 2.14. The van der Waals surface area contributed by atoms with Crippen LogP contribution in [0.2, 0.25) is 0 Å². The van der Waals surface area contributed by atoms with Crippen molar-refractivity contribution in [1.82, 2.24) is 10.3 Å². The van der Waals surface area contributed by atoms with Gasteiger partial charge in [0.15, 0.2) is 0 Å². The maximum Gasteiger partial charge on any atom is 0.0487 e. The van der Waals surface area contributed by atoms with Crippen LogP contribution in [0, 0.1) is 0 Å². The lowest BCUT2D eigenvalue weighted by Gasteiger charge is -2.19. The average molecular weight is 309 g/mol. The summed E-state index contributed by atoms with van der Waals surface area (Å²) in [7, 11) is 0. The molecule has 0 atom stereocenters. The largest absolute Gasteiger partial charge is 0.321 e. The molecule has 3 rings (SSSR count). The molecular formula is C20H27N3. The van der Waals surface area contributed by atoms with Gasteiger partial charge in [-0.05, 0) is 49.2 Å². The molecule has 1 saturated heterocycles. The topological polar surface area (TPSA) is 27.3 Å². The summed E-state index contributed by atoms with van der Waals surface area (Å²) in [6, 6.07) is 19.2. The highest BCUT2D eigenvalue weighted by atomic mass is 15.3. The molecule has 0 saturated carbocycles. The summed E-state index contributed by atoms with van der Waals surface area (Å²) >= 11 is 0. The fourth-order valence-corrected chi connectivity index (χ4v) is 3.08. The van der Waals surface area contributed by atoms with Gasteiger partial charge in [0.05, 0.1) is 0 Å². The zero-order chi connectivity index (χ0) is 15.7. The molecule has 1 aliphatic rings. The van der Waals surface area contributed by atoms with Crippen LogP contribution in [0.4, 0.5) is 5.69 Å². The summed E-state index contributed by atoms with van der Waals surface area (Å²) in [5.74, 6) is 0. The fraction of sp³-hybridized carbons (Fsp3) is 0.400. The molecule has 0 radical (unpaired) electrons. The van der Waals surface area contributed by atoms with Crippen molar-refractivity contribution >= 4 is 5.69 Å². The van der Waals surface area contributed by atoms with Gasteiger partial charge in [-0.25, -0.2) is 5.43 Å². The normalized spacial score (nSPS) is 16.0. The number of hydrazine groups is 1. The lowest BCUT2D eigenvalue weighted by Crippen LogP contribution is -2.24. The maximum absolute atomic E-state index is 3.27. The van der Waals surface area contributed by atoms with Crippen LogP contribution in [0.5, 0.6) is 0 Å². The molecule has 0 aromatic heterocycles. The molecule has 2 aromatic carbocycles. The van der Waals surface area contributed by atoms with Crippen LogP contribution in [-0.4, -0.2) is 18.0 Å². The minimum atomic E-state index is 0.818. The van der Waals surface area contributed by atoms with E-state index in [9.17, 15) is 0 Å². The zero-order valence-electron chi connectivity index (χ0n) is 13.8. The first kappa shape index (κ1) is 16.0. The van der Waals surface area contributed by atoms with Crippen LogP contribution in [-0.2, 0) is 13.1 Å². The van der Waals surface area contributed by atoms with Crippen LogP contribution >= 0.6 is 0 Å². The quantitative estimate of drug-likeness (QED) is 0.784. The van der Waals surface area contributed by atoms with E-state index in [1.165, 1.54) is 49.9 Å². The summed E-state index contributed by atoms with van der Waals surface area (Å²) in [6.07, 6.45) is 5.51. The standard InChI is InChI=1S/C20H27N3/c1-2-7-15-23(14-6-1)17-19-12-10-18(11-13-19)16-21-22-20-8-4-3-5-9-20/h3-5,8-13,21-22H,1-2,6-7,14-17H2. The van der Waals surface area contributed by atoms with Crippen molar-refractivity contribution in [1.29, 1.82) is 0 Å². The lowest BCUT2D eigenvalue weighted by atomic mass is 10.1. The Morgan fingerprint density at radius 3 is 2.09 bits per heavy atom. The number of hydrogen-bond acceptors (Lipinski definition) is 3. The molecule has 23 heavy (non-hydrogen) atoms. The van der Waals surface area contributed by atoms with E-state index in [2.05, 4.69) is 52.1 Å². The third-order valence-corrected chi connectivity index (χ3v) is 4.43. The number of nitrogens with one attached hydrogen (secondary N) is 2. The van der Waals surface area contributed by atoms with Crippen molar-refractivity contribution < 1.29 is 0 Å². The van der Waals surface area contributed by atoms with E-state index < -0.39 is 0 Å². The van der Waals surface area contributed by atoms with E-state index >= 15 is 0 Å². The minimum absolute atomic E-state index is 0.818. The molecule has 122 valence electrons. The molecule has 0 bridgehead atoms. The van der Waals surface area contributed by atoms with Gasteiger partial charge < -0.3 is 5.43 Å². The molecule has 3 heteroatoms. The van der Waals surface area contributed by atoms with Crippen LogP contribution in [0.25, 0.3) is 0 Å². The first-order valence-electron chi connectivity index (χ1n) is 8.74. The molecule has 0 unspecified atom stereocenters. The Morgan fingerprint density at radius 2 is 1.39 bits per heavy atom. The van der Waals surface area contributed by atoms with Crippen LogP contribution in [0.3, 0.4) is 0 Å². The summed E-state index contributed by atoms with van der Waals surface area (Å²) in [5, 5.41) is 0. The second-order valence-electron chi connectivity index (χ2n) is 6.35. The molecule has 1 aliphatic heterocycles. The Labute approximate surface area is 139 Å². The number of anilines is 1. The number of hydrogen-bond donors (Lipinski definition) is 2. The Bertz CT molecular complexity index is 557. The summed E-state index contributed by atoms with van der Waals surface area (Å²) in [5.41, 5.74) is 10.3. The molecule has 0 amide bonds. The van der Waals surface area contributed by atoms with Crippen molar-refractivity contribution in [3.05, 3.63) is 65.7 Å². The Balaban J connectivity index is 1.45. The number of benzene rings is 2. The van der Waals surface area contributed by atoms with Crippen LogP contribution in [0.1, 0.15) is 36.8 Å². The van der Waals surface area contributed by atoms with Crippen LogP contribution in [0.15, 0.2) is 54.6 Å². The van der Waals surface area contributed by atoms with Gasteiger partial charge >= 0.3 is 0 Å². The minimum Gasteiger partial charge on any atom is -0.321 e. The molecule has 0 aliphatic carbocycles. The van der Waals surface area contributed by atoms with Crippen molar-refractivity contribution in [2.75, 3.05) is 18.5 Å². The lowest BCUT2D eigenvalue weighted by molar-refractivity contribution is 0.277. The van der Waals surface area contributed by atoms with Crippen LogP contribution < -0.4 is 10.9 Å². The Morgan fingerprint density at radius 1 is 0.739 bits per heavy atom. The van der Waals surface area contributed by atoms with E-state index in [-0.39, 0.29) is 0 Å². The third-order valence-electron chi connectivity index (χ3n) is 4.43.